The number of carboxylic acids is 2. The molecule has 0 aromatic rings. The van der Waals surface area contributed by atoms with Crippen molar-refractivity contribution in [2.75, 3.05) is 73.1 Å². The summed E-state index contributed by atoms with van der Waals surface area (Å²) in [5.74, 6) is -2.84. The number of aliphatic hydroxyl groups excluding tert-OH is 1. The third-order valence-electron chi connectivity index (χ3n) is 4.29. The van der Waals surface area contributed by atoms with Crippen LogP contribution in [0.5, 0.6) is 0 Å². The number of aliphatic hydroxyl groups is 1. The fourth-order valence-electron chi connectivity index (χ4n) is 2.20. The van der Waals surface area contributed by atoms with Crippen molar-refractivity contribution in [3.63, 3.8) is 0 Å². The first kappa shape index (κ1) is 39.5. The van der Waals surface area contributed by atoms with Crippen molar-refractivity contribution in [2.24, 2.45) is 0 Å². The lowest BCUT2D eigenvalue weighted by molar-refractivity contribution is -0.890. The van der Waals surface area contributed by atoms with Crippen molar-refractivity contribution in [2.45, 2.75) is 32.3 Å². The second-order valence-electron chi connectivity index (χ2n) is 10.00. The van der Waals surface area contributed by atoms with Crippen molar-refractivity contribution in [3.8, 4) is 0 Å². The maximum Gasteiger partial charge on any atom is 0.333 e. The zero-order chi connectivity index (χ0) is 30.0. The number of likely N-dealkylation sites (N-methyl/N-ethyl adjacent to an activating group) is 2. The van der Waals surface area contributed by atoms with Gasteiger partial charge in [0, 0.05) is 17.9 Å². The van der Waals surface area contributed by atoms with E-state index in [1.807, 2.05) is 14.1 Å². The van der Waals surface area contributed by atoms with Gasteiger partial charge in [0.2, 0.25) is 0 Å². The van der Waals surface area contributed by atoms with Gasteiger partial charge in [-0.1, -0.05) is 13.2 Å². The first-order chi connectivity index (χ1) is 16.5. The van der Waals surface area contributed by atoms with E-state index in [9.17, 15) is 33.0 Å². The van der Waals surface area contributed by atoms with Gasteiger partial charge in [0.1, 0.15) is 19.7 Å². The summed E-state index contributed by atoms with van der Waals surface area (Å²) in [6.07, 6.45) is 0.236. The van der Waals surface area contributed by atoms with Gasteiger partial charge in [-0.2, -0.15) is 8.42 Å². The van der Waals surface area contributed by atoms with Crippen molar-refractivity contribution in [1.29, 1.82) is 0 Å². The number of rotatable bonds is 15. The van der Waals surface area contributed by atoms with E-state index in [0.717, 1.165) is 0 Å². The smallest absolute Gasteiger partial charge is 0.333 e. The molecular formula is C23H43ClN2O10S. The van der Waals surface area contributed by atoms with Gasteiger partial charge in [-0.15, -0.1) is 11.6 Å². The molecule has 0 aliphatic heterocycles. The lowest BCUT2D eigenvalue weighted by Gasteiger charge is -2.29. The molecule has 0 fully saturated rings. The Morgan fingerprint density at radius 2 is 1.57 bits per heavy atom. The van der Waals surface area contributed by atoms with Crippen LogP contribution in [0.15, 0.2) is 24.3 Å². The number of esters is 1. The van der Waals surface area contributed by atoms with Crippen LogP contribution >= 0.6 is 11.6 Å². The summed E-state index contributed by atoms with van der Waals surface area (Å²) in [5, 5.41) is 28.9. The first-order valence-electron chi connectivity index (χ1n) is 11.3. The maximum absolute atomic E-state index is 11.1. The van der Waals surface area contributed by atoms with Gasteiger partial charge in [0.25, 0.3) is 10.1 Å². The van der Waals surface area contributed by atoms with Crippen LogP contribution in [0.4, 0.5) is 0 Å². The molecule has 218 valence electrons. The van der Waals surface area contributed by atoms with Crippen LogP contribution in [0.25, 0.3) is 0 Å². The third-order valence-corrected chi connectivity index (χ3v) is 5.45. The molecule has 0 rings (SSSR count). The second kappa shape index (κ2) is 19.1. The van der Waals surface area contributed by atoms with Crippen LogP contribution in [-0.4, -0.2) is 124 Å². The van der Waals surface area contributed by atoms with E-state index in [4.69, 9.17) is 26.0 Å². The molecule has 14 heteroatoms. The minimum Gasteiger partial charge on any atom is -0.545 e. The van der Waals surface area contributed by atoms with E-state index in [1.54, 1.807) is 28.1 Å². The van der Waals surface area contributed by atoms with E-state index >= 15 is 0 Å². The molecule has 0 aromatic carbocycles. The molecule has 0 amide bonds. The third kappa shape index (κ3) is 31.9. The number of carbonyl (C=O) groups excluding carboxylic acids is 3. The van der Waals surface area contributed by atoms with Crippen LogP contribution < -0.4 is 10.2 Å². The summed E-state index contributed by atoms with van der Waals surface area (Å²) in [6.45, 7) is 9.77. The molecule has 0 spiro atoms. The number of alkyl halides is 1. The van der Waals surface area contributed by atoms with Crippen molar-refractivity contribution in [1.82, 2.24) is 0 Å². The predicted octanol–water partition coefficient (Wildman–Crippen LogP) is -1.43. The molecule has 0 bridgehead atoms. The minimum absolute atomic E-state index is 0.00540. The Kier molecular flexibility index (Phi) is 20.4. The highest BCUT2D eigenvalue weighted by Gasteiger charge is 2.17. The van der Waals surface area contributed by atoms with Crippen LogP contribution in [0, 0.1) is 0 Å². The number of aliphatic carboxylic acids is 2. The number of quaternary nitrogens is 2. The van der Waals surface area contributed by atoms with Crippen molar-refractivity contribution >= 4 is 39.6 Å². The van der Waals surface area contributed by atoms with E-state index in [2.05, 4.69) is 13.2 Å². The van der Waals surface area contributed by atoms with Gasteiger partial charge in [-0.25, -0.2) is 4.79 Å². The number of halogens is 1. The Bertz CT molecular complexity index is 852. The average molecular weight is 575 g/mol. The highest BCUT2D eigenvalue weighted by atomic mass is 35.5. The number of ether oxygens (including phenoxy) is 1. The predicted molar refractivity (Wildman–Crippen MR) is 137 cm³/mol. The van der Waals surface area contributed by atoms with Crippen LogP contribution in [-0.2, 0) is 29.2 Å². The number of hydrogen-bond donors (Lipinski definition) is 2. The Morgan fingerprint density at radius 3 is 1.89 bits per heavy atom. The molecule has 0 aliphatic rings. The van der Waals surface area contributed by atoms with Crippen molar-refractivity contribution < 1.29 is 56.4 Å². The molecule has 0 saturated carbocycles. The summed E-state index contributed by atoms with van der Waals surface area (Å²) in [7, 11) is 5.31. The maximum atomic E-state index is 11.1. The summed E-state index contributed by atoms with van der Waals surface area (Å²) in [5.41, 5.74) is 0.348. The molecule has 12 nitrogen and oxygen atoms in total. The number of carbonyl (C=O) groups is 3. The van der Waals surface area contributed by atoms with Gasteiger partial charge in [-0.05, 0) is 25.3 Å². The Hall–Kier alpha value is -2.03. The largest absolute Gasteiger partial charge is 0.545 e. The lowest BCUT2D eigenvalue weighted by Crippen LogP contribution is -2.45. The quantitative estimate of drug-likeness (QED) is 0.0773. The average Bonchev–Trinajstić information content (AvgIpc) is 2.69. The summed E-state index contributed by atoms with van der Waals surface area (Å²) >= 11 is 5.27. The Balaban J connectivity index is -0.000000517. The molecule has 0 heterocycles. The second-order valence-corrected chi connectivity index (χ2v) is 11.9. The van der Waals surface area contributed by atoms with E-state index < -0.39 is 34.1 Å². The monoisotopic (exact) mass is 574 g/mol. The highest BCUT2D eigenvalue weighted by Crippen LogP contribution is 2.05. The number of carboxylic acid groups (broad SMARTS) is 2. The van der Waals surface area contributed by atoms with Crippen LogP contribution in [0.1, 0.15) is 26.2 Å². The molecule has 1 unspecified atom stereocenters. The molecular weight excluding hydrogens is 532 g/mol. The standard InChI is InChI=1S/C11H21NO5S.C7H11ClO3.C5H11NO2/c1-10(2)11(13)17-8-7-12(3,4)6-5-9-18(14,15)16;1-5(7(10)11)2-3-6(9)4-8;1-6(2,3)4-5(7)8/h1,5-9H2,2-4H3;6,9H,1-4H2,(H,10,11);4H2,1-3H3. The highest BCUT2D eigenvalue weighted by molar-refractivity contribution is 7.85. The minimum atomic E-state index is -3.90. The van der Waals surface area contributed by atoms with Crippen LogP contribution in [0.3, 0.4) is 0 Å². The van der Waals surface area contributed by atoms with Gasteiger partial charge in [-0.3, -0.25) is 4.55 Å². The number of nitrogens with zero attached hydrogens (tertiary/aromatic N) is 2. The molecule has 0 aromatic heterocycles. The lowest BCUT2D eigenvalue weighted by atomic mass is 10.1. The van der Waals surface area contributed by atoms with E-state index in [1.165, 1.54) is 0 Å². The van der Waals surface area contributed by atoms with Gasteiger partial charge < -0.3 is 38.6 Å². The molecule has 0 radical (unpaired) electrons. The molecule has 2 N–H and O–H groups in total. The SMILES string of the molecule is C=C(C)C(=O)OCC[N+](C)(C)CCCS(=O)(=O)O.C=C(CCC(O)CCl)C(=O)[O-].C[N+](C)(C)CC(=O)[O-]. The topological polar surface area (TPSA) is 181 Å². The fraction of sp³-hybridized carbons (Fsp3) is 0.696. The Morgan fingerprint density at radius 1 is 1.05 bits per heavy atom. The summed E-state index contributed by atoms with van der Waals surface area (Å²) in [6, 6.07) is 0. The summed E-state index contributed by atoms with van der Waals surface area (Å²) < 4.78 is 35.6. The van der Waals surface area contributed by atoms with Crippen molar-refractivity contribution in [3.05, 3.63) is 24.3 Å². The molecule has 0 aliphatic carbocycles. The zero-order valence-corrected chi connectivity index (χ0v) is 24.3. The van der Waals surface area contributed by atoms with Gasteiger partial charge in [0.05, 0.1) is 65.6 Å². The Labute approximate surface area is 225 Å². The van der Waals surface area contributed by atoms with E-state index in [0.29, 0.717) is 40.5 Å². The number of hydrogen-bond acceptors (Lipinski definition) is 9. The van der Waals surface area contributed by atoms with Gasteiger partial charge >= 0.3 is 5.97 Å². The molecule has 0 saturated heterocycles. The molecule has 1 atom stereocenters. The molecule has 37 heavy (non-hydrogen) atoms. The van der Waals surface area contributed by atoms with E-state index in [-0.39, 0.29) is 36.8 Å². The first-order valence-corrected chi connectivity index (χ1v) is 13.4. The summed E-state index contributed by atoms with van der Waals surface area (Å²) in [4.78, 5) is 31.1. The normalized spacial score (nSPS) is 12.1. The zero-order valence-electron chi connectivity index (χ0n) is 22.7. The van der Waals surface area contributed by atoms with Gasteiger partial charge in [0.15, 0.2) is 0 Å². The van der Waals surface area contributed by atoms with Crippen LogP contribution in [0.2, 0.25) is 0 Å². The fourth-order valence-corrected chi connectivity index (χ4v) is 2.85.